The predicted molar refractivity (Wildman–Crippen MR) is 94.4 cm³/mol. The zero-order valence-corrected chi connectivity index (χ0v) is 14.1. The molecule has 1 atom stereocenters. The minimum atomic E-state index is 0.257. The van der Waals surface area contributed by atoms with E-state index in [1.165, 1.54) is 18.4 Å². The van der Waals surface area contributed by atoms with Crippen LogP contribution in [0, 0.1) is 0 Å². The van der Waals surface area contributed by atoms with Gasteiger partial charge in [0, 0.05) is 11.6 Å². The number of benzene rings is 1. The van der Waals surface area contributed by atoms with E-state index < -0.39 is 0 Å². The van der Waals surface area contributed by atoms with Gasteiger partial charge in [-0.05, 0) is 50.0 Å². The Morgan fingerprint density at radius 3 is 2.86 bits per heavy atom. The number of unbranched alkanes of at least 4 members (excludes halogenated alkanes) is 1. The maximum atomic E-state index is 6.15. The summed E-state index contributed by atoms with van der Waals surface area (Å²) in [7, 11) is 0. The number of guanidine groups is 1. The maximum Gasteiger partial charge on any atom is 0.188 e. The fraction of sp³-hybridized carbons (Fsp3) is 0.588. The first-order chi connectivity index (χ1) is 10.7. The van der Waals surface area contributed by atoms with E-state index in [0.29, 0.717) is 12.5 Å². The van der Waals surface area contributed by atoms with Gasteiger partial charge in [0.05, 0.1) is 12.6 Å². The molecule has 0 bridgehead atoms. The predicted octanol–water partition coefficient (Wildman–Crippen LogP) is 3.18. The highest BCUT2D eigenvalue weighted by Gasteiger charge is 2.23. The number of rotatable bonds is 7. The molecule has 4 nitrogen and oxygen atoms in total. The van der Waals surface area contributed by atoms with Crippen molar-refractivity contribution in [1.82, 2.24) is 10.2 Å². The zero-order chi connectivity index (χ0) is 15.8. The van der Waals surface area contributed by atoms with Crippen LogP contribution in [0.2, 0.25) is 5.02 Å². The average Bonchev–Trinajstić information content (AvgIpc) is 3.02. The Bertz CT molecular complexity index is 483. The van der Waals surface area contributed by atoms with Gasteiger partial charge in [0.25, 0.3) is 0 Å². The van der Waals surface area contributed by atoms with Crippen LogP contribution in [0.5, 0.6) is 0 Å². The van der Waals surface area contributed by atoms with Crippen LogP contribution in [0.25, 0.3) is 0 Å². The highest BCUT2D eigenvalue weighted by molar-refractivity contribution is 6.30. The molecule has 1 heterocycles. The summed E-state index contributed by atoms with van der Waals surface area (Å²) in [4.78, 5) is 7.03. The second-order valence-electron chi connectivity index (χ2n) is 5.82. The fourth-order valence-electron chi connectivity index (χ4n) is 2.83. The van der Waals surface area contributed by atoms with Crippen molar-refractivity contribution in [2.24, 2.45) is 10.7 Å². The molecule has 1 aromatic rings. The lowest BCUT2D eigenvalue weighted by Gasteiger charge is -2.26. The molecule has 1 unspecified atom stereocenters. The molecule has 0 amide bonds. The van der Waals surface area contributed by atoms with Gasteiger partial charge in [0.15, 0.2) is 5.96 Å². The first-order valence-electron chi connectivity index (χ1n) is 8.24. The molecule has 5 heteroatoms. The topological polar surface area (TPSA) is 53.6 Å². The lowest BCUT2D eigenvalue weighted by molar-refractivity contribution is 0.251. The van der Waals surface area contributed by atoms with Gasteiger partial charge >= 0.3 is 0 Å². The van der Waals surface area contributed by atoms with Gasteiger partial charge in [0.2, 0.25) is 0 Å². The maximum absolute atomic E-state index is 6.15. The lowest BCUT2D eigenvalue weighted by atomic mass is 10.1. The van der Waals surface area contributed by atoms with Gasteiger partial charge in [-0.1, -0.05) is 37.1 Å². The first-order valence-corrected chi connectivity index (χ1v) is 8.62. The van der Waals surface area contributed by atoms with Crippen molar-refractivity contribution in [2.75, 3.05) is 26.2 Å². The van der Waals surface area contributed by atoms with Crippen molar-refractivity contribution in [3.63, 3.8) is 0 Å². The van der Waals surface area contributed by atoms with Crippen LogP contribution in [0.3, 0.4) is 0 Å². The Morgan fingerprint density at radius 1 is 1.41 bits per heavy atom. The zero-order valence-electron chi connectivity index (χ0n) is 13.4. The van der Waals surface area contributed by atoms with E-state index in [4.69, 9.17) is 17.3 Å². The van der Waals surface area contributed by atoms with E-state index >= 15 is 0 Å². The molecule has 0 radical (unpaired) electrons. The van der Waals surface area contributed by atoms with Crippen LogP contribution in [-0.4, -0.2) is 37.0 Å². The molecule has 22 heavy (non-hydrogen) atoms. The number of nitrogens with one attached hydrogen (secondary N) is 1. The van der Waals surface area contributed by atoms with Crippen molar-refractivity contribution < 1.29 is 0 Å². The molecule has 1 aliphatic heterocycles. The van der Waals surface area contributed by atoms with Crippen molar-refractivity contribution >= 4 is 17.6 Å². The summed E-state index contributed by atoms with van der Waals surface area (Å²) in [5.41, 5.74) is 7.19. The Kier molecular flexibility index (Phi) is 7.00. The first kappa shape index (κ1) is 17.1. The summed E-state index contributed by atoms with van der Waals surface area (Å²) >= 11 is 6.15. The molecule has 1 fully saturated rings. The molecule has 1 aromatic carbocycles. The number of hydrogen-bond acceptors (Lipinski definition) is 2. The molecular weight excluding hydrogens is 296 g/mol. The quantitative estimate of drug-likeness (QED) is 0.460. The smallest absolute Gasteiger partial charge is 0.188 e. The molecule has 0 aliphatic carbocycles. The lowest BCUT2D eigenvalue weighted by Crippen LogP contribution is -2.34. The van der Waals surface area contributed by atoms with Gasteiger partial charge in [-0.25, -0.2) is 0 Å². The molecular formula is C17H27ClN4. The van der Waals surface area contributed by atoms with E-state index in [1.807, 2.05) is 18.2 Å². The van der Waals surface area contributed by atoms with Gasteiger partial charge < -0.3 is 11.1 Å². The number of hydrogen-bond donors (Lipinski definition) is 2. The van der Waals surface area contributed by atoms with Crippen LogP contribution in [0.15, 0.2) is 29.3 Å². The van der Waals surface area contributed by atoms with E-state index in [1.54, 1.807) is 0 Å². The van der Waals surface area contributed by atoms with Crippen LogP contribution in [-0.2, 0) is 0 Å². The second-order valence-corrected chi connectivity index (χ2v) is 6.26. The monoisotopic (exact) mass is 322 g/mol. The summed E-state index contributed by atoms with van der Waals surface area (Å²) in [6, 6.07) is 8.35. The van der Waals surface area contributed by atoms with E-state index in [-0.39, 0.29) is 6.04 Å². The molecule has 1 saturated heterocycles. The molecule has 2 rings (SSSR count). The molecule has 1 aliphatic rings. The third-order valence-corrected chi connectivity index (χ3v) is 4.32. The van der Waals surface area contributed by atoms with Gasteiger partial charge in [-0.2, -0.15) is 0 Å². The summed E-state index contributed by atoms with van der Waals surface area (Å²) in [6.45, 7) is 5.96. The highest BCUT2D eigenvalue weighted by Crippen LogP contribution is 2.27. The van der Waals surface area contributed by atoms with Crippen LogP contribution < -0.4 is 11.1 Å². The minimum Gasteiger partial charge on any atom is -0.370 e. The molecule has 0 aromatic heterocycles. The molecule has 3 N–H and O–H groups in total. The van der Waals surface area contributed by atoms with Crippen LogP contribution >= 0.6 is 11.6 Å². The van der Waals surface area contributed by atoms with Gasteiger partial charge in [-0.15, -0.1) is 0 Å². The Hall–Kier alpha value is -1.26. The average molecular weight is 323 g/mol. The number of aliphatic imine (C=N–C) groups is 1. The van der Waals surface area contributed by atoms with Crippen molar-refractivity contribution in [3.05, 3.63) is 34.9 Å². The van der Waals surface area contributed by atoms with E-state index in [9.17, 15) is 0 Å². The summed E-state index contributed by atoms with van der Waals surface area (Å²) in [5, 5.41) is 3.95. The number of halogens is 1. The SMILES string of the molecule is CCCCNC(N)=NCC(c1cccc(Cl)c1)N1CCCC1. The van der Waals surface area contributed by atoms with Gasteiger partial charge in [0.1, 0.15) is 0 Å². The molecule has 0 saturated carbocycles. The standard InChI is InChI=1S/C17H27ClN4/c1-2-3-9-20-17(19)21-13-16(22-10-4-5-11-22)14-7-6-8-15(18)12-14/h6-8,12,16H,2-5,9-11,13H2,1H3,(H3,19,20,21). The third kappa shape index (κ3) is 5.18. The Labute approximate surface area is 138 Å². The number of nitrogens with zero attached hydrogens (tertiary/aromatic N) is 2. The second kappa shape index (κ2) is 9.01. The Balaban J connectivity index is 2.03. The van der Waals surface area contributed by atoms with Crippen LogP contribution in [0.1, 0.15) is 44.2 Å². The largest absolute Gasteiger partial charge is 0.370 e. The number of likely N-dealkylation sites (tertiary alicyclic amines) is 1. The summed E-state index contributed by atoms with van der Waals surface area (Å²) in [5.74, 6) is 0.541. The molecule has 122 valence electrons. The Morgan fingerprint density at radius 2 is 2.18 bits per heavy atom. The highest BCUT2D eigenvalue weighted by atomic mass is 35.5. The number of nitrogens with two attached hydrogens (primary N) is 1. The van der Waals surface area contributed by atoms with Crippen LogP contribution in [0.4, 0.5) is 0 Å². The van der Waals surface area contributed by atoms with Crippen molar-refractivity contribution in [3.8, 4) is 0 Å². The van der Waals surface area contributed by atoms with Crippen molar-refractivity contribution in [2.45, 2.75) is 38.6 Å². The summed E-state index contributed by atoms with van der Waals surface area (Å²) < 4.78 is 0. The minimum absolute atomic E-state index is 0.257. The van der Waals surface area contributed by atoms with E-state index in [0.717, 1.165) is 37.5 Å². The summed E-state index contributed by atoms with van der Waals surface area (Å²) in [6.07, 6.45) is 4.77. The normalized spacial score (nSPS) is 17.6. The van der Waals surface area contributed by atoms with Gasteiger partial charge in [-0.3, -0.25) is 9.89 Å². The van der Waals surface area contributed by atoms with E-state index in [2.05, 4.69) is 28.2 Å². The van der Waals surface area contributed by atoms with Crippen molar-refractivity contribution in [1.29, 1.82) is 0 Å². The molecule has 0 spiro atoms. The third-order valence-electron chi connectivity index (χ3n) is 4.09. The fourth-order valence-corrected chi connectivity index (χ4v) is 3.03.